The zero-order valence-electron chi connectivity index (χ0n) is 19.0. The number of anilines is 1. The summed E-state index contributed by atoms with van der Waals surface area (Å²) in [6.07, 6.45) is 2.23. The van der Waals surface area contributed by atoms with Crippen molar-refractivity contribution in [3.05, 3.63) is 78.5 Å². The molecule has 1 N–H and O–H groups in total. The summed E-state index contributed by atoms with van der Waals surface area (Å²) in [4.78, 5) is 28.4. The maximum absolute atomic E-state index is 13.7. The summed E-state index contributed by atoms with van der Waals surface area (Å²) >= 11 is 0. The van der Waals surface area contributed by atoms with Gasteiger partial charge in [0.15, 0.2) is 6.04 Å². The van der Waals surface area contributed by atoms with Gasteiger partial charge in [-0.3, -0.25) is 14.5 Å². The molecule has 0 aliphatic carbocycles. The smallest absolute Gasteiger partial charge is 0.251 e. The molecular formula is C25H26FN5O3. The van der Waals surface area contributed by atoms with E-state index in [1.54, 1.807) is 18.2 Å². The number of hydrogen-bond acceptors (Lipinski definition) is 5. The number of amides is 2. The number of para-hydroxylation sites is 1. The first kappa shape index (κ1) is 23.2. The zero-order valence-corrected chi connectivity index (χ0v) is 19.0. The Morgan fingerprint density at radius 2 is 1.85 bits per heavy atom. The number of carbonyl (C=O) groups is 2. The molecule has 176 valence electrons. The van der Waals surface area contributed by atoms with Crippen LogP contribution in [0, 0.1) is 11.7 Å². The molecule has 4 aromatic rings. The number of aromatic nitrogens is 3. The summed E-state index contributed by atoms with van der Waals surface area (Å²) < 4.78 is 20.7. The van der Waals surface area contributed by atoms with Gasteiger partial charge in [0.05, 0.1) is 11.8 Å². The van der Waals surface area contributed by atoms with Crippen LogP contribution in [0.25, 0.3) is 11.0 Å². The van der Waals surface area contributed by atoms with E-state index in [-0.39, 0.29) is 6.54 Å². The fourth-order valence-electron chi connectivity index (χ4n) is 3.68. The average molecular weight is 464 g/mol. The quantitative estimate of drug-likeness (QED) is 0.403. The van der Waals surface area contributed by atoms with Crippen molar-refractivity contribution < 1.29 is 18.4 Å². The van der Waals surface area contributed by atoms with Crippen LogP contribution in [-0.4, -0.2) is 33.4 Å². The Bertz CT molecular complexity index is 1250. The molecule has 34 heavy (non-hydrogen) atoms. The molecule has 0 unspecified atom stereocenters. The molecule has 0 bridgehead atoms. The number of rotatable bonds is 9. The highest BCUT2D eigenvalue weighted by molar-refractivity contribution is 6.01. The number of furan rings is 1. The van der Waals surface area contributed by atoms with Gasteiger partial charge in [-0.05, 0) is 60.9 Å². The zero-order chi connectivity index (χ0) is 24.1. The molecule has 0 saturated carbocycles. The van der Waals surface area contributed by atoms with Crippen molar-refractivity contribution in [1.29, 1.82) is 0 Å². The van der Waals surface area contributed by atoms with E-state index in [1.165, 1.54) is 40.1 Å². The lowest BCUT2D eigenvalue weighted by atomic mass is 10.1. The third-order valence-electron chi connectivity index (χ3n) is 5.42. The van der Waals surface area contributed by atoms with E-state index in [0.29, 0.717) is 34.9 Å². The molecule has 0 spiro atoms. The highest BCUT2D eigenvalue weighted by Gasteiger charge is 2.35. The number of fused-ring (bicyclic) bond motifs is 1. The van der Waals surface area contributed by atoms with Crippen molar-refractivity contribution in [3.8, 4) is 0 Å². The van der Waals surface area contributed by atoms with E-state index in [0.717, 1.165) is 6.42 Å². The normalized spacial score (nSPS) is 12.1. The number of benzene rings is 2. The molecule has 4 rings (SSSR count). The Balaban J connectivity index is 1.71. The van der Waals surface area contributed by atoms with Crippen LogP contribution in [-0.2, 0) is 16.1 Å². The van der Waals surface area contributed by atoms with Gasteiger partial charge in [-0.25, -0.2) is 9.07 Å². The van der Waals surface area contributed by atoms with Crippen molar-refractivity contribution in [2.75, 3.05) is 11.4 Å². The van der Waals surface area contributed by atoms with E-state index >= 15 is 0 Å². The molecule has 0 fully saturated rings. The number of nitrogens with zero attached hydrogens (tertiary/aromatic N) is 4. The lowest BCUT2D eigenvalue weighted by Gasteiger charge is -2.30. The third-order valence-corrected chi connectivity index (χ3v) is 5.42. The van der Waals surface area contributed by atoms with E-state index in [1.807, 2.05) is 18.2 Å². The topological polar surface area (TPSA) is 93.3 Å². The molecule has 0 aliphatic heterocycles. The highest BCUT2D eigenvalue weighted by atomic mass is 19.1. The second-order valence-electron chi connectivity index (χ2n) is 8.37. The van der Waals surface area contributed by atoms with Crippen LogP contribution in [0.2, 0.25) is 0 Å². The first-order valence-corrected chi connectivity index (χ1v) is 11.1. The summed E-state index contributed by atoms with van der Waals surface area (Å²) in [6, 6.07) is 14.9. The summed E-state index contributed by atoms with van der Waals surface area (Å²) in [7, 11) is 0. The summed E-state index contributed by atoms with van der Waals surface area (Å²) in [5.41, 5.74) is 1.69. The van der Waals surface area contributed by atoms with Gasteiger partial charge in [0, 0.05) is 12.2 Å². The number of carbonyl (C=O) groups excluding carboxylic acids is 2. The Labute approximate surface area is 196 Å². The van der Waals surface area contributed by atoms with E-state index < -0.39 is 23.7 Å². The van der Waals surface area contributed by atoms with Gasteiger partial charge in [0.1, 0.15) is 23.6 Å². The molecule has 0 saturated heterocycles. The SMILES string of the molecule is CC(C)CCNC(=O)[C@@H](c1ccco1)N(C(=O)Cn1nnc2ccccc21)c1ccc(F)cc1. The lowest BCUT2D eigenvalue weighted by Crippen LogP contribution is -2.45. The lowest BCUT2D eigenvalue weighted by molar-refractivity contribution is -0.127. The molecule has 9 heteroatoms. The van der Waals surface area contributed by atoms with Crippen molar-refractivity contribution in [2.45, 2.75) is 32.9 Å². The van der Waals surface area contributed by atoms with Crippen molar-refractivity contribution in [1.82, 2.24) is 20.3 Å². The van der Waals surface area contributed by atoms with Gasteiger partial charge in [0.25, 0.3) is 5.91 Å². The second-order valence-corrected chi connectivity index (χ2v) is 8.37. The first-order valence-electron chi connectivity index (χ1n) is 11.1. The van der Waals surface area contributed by atoms with Crippen LogP contribution < -0.4 is 10.2 Å². The monoisotopic (exact) mass is 463 g/mol. The average Bonchev–Trinajstić information content (AvgIpc) is 3.48. The molecule has 2 amide bonds. The van der Waals surface area contributed by atoms with E-state index in [4.69, 9.17) is 4.42 Å². The van der Waals surface area contributed by atoms with Crippen LogP contribution in [0.1, 0.15) is 32.1 Å². The van der Waals surface area contributed by atoms with E-state index in [9.17, 15) is 14.0 Å². The Morgan fingerprint density at radius 3 is 2.56 bits per heavy atom. The Hall–Kier alpha value is -4.01. The number of nitrogens with one attached hydrogen (secondary N) is 1. The maximum Gasteiger partial charge on any atom is 0.251 e. The molecule has 1 atom stereocenters. The van der Waals surface area contributed by atoms with Gasteiger partial charge >= 0.3 is 0 Å². The largest absolute Gasteiger partial charge is 0.467 e. The predicted molar refractivity (Wildman–Crippen MR) is 125 cm³/mol. The van der Waals surface area contributed by atoms with Gasteiger partial charge < -0.3 is 9.73 Å². The van der Waals surface area contributed by atoms with Crippen LogP contribution >= 0.6 is 0 Å². The maximum atomic E-state index is 13.7. The second kappa shape index (κ2) is 10.3. The number of hydrogen-bond donors (Lipinski definition) is 1. The molecule has 2 heterocycles. The van der Waals surface area contributed by atoms with Crippen molar-refractivity contribution >= 4 is 28.5 Å². The minimum atomic E-state index is -1.09. The van der Waals surface area contributed by atoms with E-state index in [2.05, 4.69) is 29.5 Å². The van der Waals surface area contributed by atoms with Gasteiger partial charge in [-0.15, -0.1) is 5.10 Å². The summed E-state index contributed by atoms with van der Waals surface area (Å²) in [5, 5.41) is 11.1. The van der Waals surface area contributed by atoms with Crippen LogP contribution in [0.3, 0.4) is 0 Å². The summed E-state index contributed by atoms with van der Waals surface area (Å²) in [6.45, 7) is 4.40. The molecule has 8 nitrogen and oxygen atoms in total. The molecular weight excluding hydrogens is 437 g/mol. The minimum Gasteiger partial charge on any atom is -0.467 e. The van der Waals surface area contributed by atoms with Crippen LogP contribution in [0.5, 0.6) is 0 Å². The Morgan fingerprint density at radius 1 is 1.09 bits per heavy atom. The first-order chi connectivity index (χ1) is 16.4. The van der Waals surface area contributed by atoms with Crippen LogP contribution in [0.15, 0.2) is 71.3 Å². The fraction of sp³-hybridized carbons (Fsp3) is 0.280. The fourth-order valence-corrected chi connectivity index (χ4v) is 3.68. The van der Waals surface area contributed by atoms with Crippen LogP contribution in [0.4, 0.5) is 10.1 Å². The van der Waals surface area contributed by atoms with Gasteiger partial charge in [-0.1, -0.05) is 31.2 Å². The minimum absolute atomic E-state index is 0.172. The standard InChI is InChI=1S/C25H26FN5O3/c1-17(2)13-14-27-25(33)24(22-8-5-15-34-22)31(19-11-9-18(26)10-12-19)23(32)16-30-21-7-4-3-6-20(21)28-29-30/h3-12,15,17,24H,13-14,16H2,1-2H3,(H,27,33)/t24-/m1/s1. The molecule has 2 aromatic heterocycles. The van der Waals surface area contributed by atoms with Crippen molar-refractivity contribution in [3.63, 3.8) is 0 Å². The molecule has 0 radical (unpaired) electrons. The van der Waals surface area contributed by atoms with Gasteiger partial charge in [-0.2, -0.15) is 0 Å². The highest BCUT2D eigenvalue weighted by Crippen LogP contribution is 2.29. The third kappa shape index (κ3) is 5.14. The van der Waals surface area contributed by atoms with Crippen molar-refractivity contribution in [2.24, 2.45) is 5.92 Å². The predicted octanol–water partition coefficient (Wildman–Crippen LogP) is 4.10. The Kier molecular flexibility index (Phi) is 7.01. The molecule has 2 aromatic carbocycles. The molecule has 0 aliphatic rings. The summed E-state index contributed by atoms with van der Waals surface area (Å²) in [5.74, 6) is -0.574. The number of halogens is 1. The van der Waals surface area contributed by atoms with Gasteiger partial charge in [0.2, 0.25) is 5.91 Å².